The lowest BCUT2D eigenvalue weighted by Gasteiger charge is -2.08. The molecule has 0 aliphatic heterocycles. The molecule has 0 radical (unpaired) electrons. The first kappa shape index (κ1) is 16.5. The molecule has 124 valence electrons. The van der Waals surface area contributed by atoms with Gasteiger partial charge in [0.15, 0.2) is 0 Å². The number of rotatable bonds is 4. The van der Waals surface area contributed by atoms with Gasteiger partial charge in [-0.2, -0.15) is 0 Å². The zero-order valence-electron chi connectivity index (χ0n) is 12.9. The second-order valence-corrected chi connectivity index (χ2v) is 7.36. The number of fused-ring (bicyclic) bond motifs is 2. The number of carbonyl (C=O) groups excluding carboxylic acids is 4. The third-order valence-electron chi connectivity index (χ3n) is 3.28. The highest BCUT2D eigenvalue weighted by Gasteiger charge is 2.34. The first-order chi connectivity index (χ1) is 11.4. The van der Waals surface area contributed by atoms with Gasteiger partial charge in [0.2, 0.25) is 11.6 Å². The summed E-state index contributed by atoms with van der Waals surface area (Å²) < 4.78 is 4.93. The topological polar surface area (TPSA) is 89.5 Å². The molecular weight excluding hydrogens is 350 g/mol. The molecule has 6 nitrogen and oxygen atoms in total. The van der Waals surface area contributed by atoms with Crippen LogP contribution in [0.25, 0.3) is 0 Å². The Balaban J connectivity index is 1.78. The van der Waals surface area contributed by atoms with Gasteiger partial charge in [0.1, 0.15) is 6.54 Å². The van der Waals surface area contributed by atoms with Gasteiger partial charge >= 0.3 is 5.97 Å². The maximum Gasteiger partial charge on any atom is 0.325 e. The quantitative estimate of drug-likeness (QED) is 0.718. The molecule has 1 N–H and O–H groups in total. The minimum absolute atomic E-state index is 0.217. The number of thiophene rings is 2. The van der Waals surface area contributed by atoms with Crippen LogP contribution in [0.3, 0.4) is 0 Å². The predicted molar refractivity (Wildman–Crippen MR) is 89.1 cm³/mol. The number of ketones is 2. The lowest BCUT2D eigenvalue weighted by molar-refractivity contribution is -0.146. The van der Waals surface area contributed by atoms with Crippen molar-refractivity contribution in [1.82, 2.24) is 5.32 Å². The van der Waals surface area contributed by atoms with Crippen LogP contribution in [0.4, 0.5) is 0 Å². The van der Waals surface area contributed by atoms with E-state index < -0.39 is 11.9 Å². The van der Waals surface area contributed by atoms with E-state index in [-0.39, 0.29) is 39.5 Å². The van der Waals surface area contributed by atoms with Crippen molar-refractivity contribution in [1.29, 1.82) is 0 Å². The molecule has 2 aromatic heterocycles. The monoisotopic (exact) mass is 363 g/mol. The standard InChI is InChI=1S/C16H13NO5S2/c1-7(2)22-11(18)6-17-16(21)10-5-9-13(20)14-8(3-4-23-14)12(19)15(9)24-10/h3-5,7H,6H2,1-2H3,(H,17,21). The van der Waals surface area contributed by atoms with Crippen molar-refractivity contribution in [2.24, 2.45) is 0 Å². The smallest absolute Gasteiger partial charge is 0.325 e. The summed E-state index contributed by atoms with van der Waals surface area (Å²) in [7, 11) is 0. The Hall–Kier alpha value is -2.32. The van der Waals surface area contributed by atoms with Gasteiger partial charge in [-0.05, 0) is 31.4 Å². The summed E-state index contributed by atoms with van der Waals surface area (Å²) >= 11 is 2.17. The van der Waals surface area contributed by atoms with E-state index in [2.05, 4.69) is 5.32 Å². The molecule has 8 heteroatoms. The number of ether oxygens (including phenoxy) is 1. The molecule has 1 aliphatic rings. The average molecular weight is 363 g/mol. The highest BCUT2D eigenvalue weighted by Crippen LogP contribution is 2.35. The van der Waals surface area contributed by atoms with Crippen LogP contribution in [-0.4, -0.2) is 36.1 Å². The van der Waals surface area contributed by atoms with E-state index in [4.69, 9.17) is 4.74 Å². The highest BCUT2D eigenvalue weighted by molar-refractivity contribution is 7.17. The first-order valence-electron chi connectivity index (χ1n) is 7.17. The van der Waals surface area contributed by atoms with Crippen molar-refractivity contribution in [2.45, 2.75) is 20.0 Å². The van der Waals surface area contributed by atoms with Gasteiger partial charge in [0, 0.05) is 11.1 Å². The van der Waals surface area contributed by atoms with Gasteiger partial charge < -0.3 is 10.1 Å². The van der Waals surface area contributed by atoms with E-state index in [1.165, 1.54) is 17.4 Å². The van der Waals surface area contributed by atoms with Crippen LogP contribution in [0.1, 0.15) is 54.0 Å². The molecule has 2 heterocycles. The van der Waals surface area contributed by atoms with E-state index in [0.29, 0.717) is 10.4 Å². The van der Waals surface area contributed by atoms with Gasteiger partial charge in [0.25, 0.3) is 5.91 Å². The van der Waals surface area contributed by atoms with Gasteiger partial charge in [-0.3, -0.25) is 19.2 Å². The summed E-state index contributed by atoms with van der Waals surface area (Å²) in [4.78, 5) is 49.3. The zero-order chi connectivity index (χ0) is 17.4. The van der Waals surface area contributed by atoms with Crippen molar-refractivity contribution < 1.29 is 23.9 Å². The summed E-state index contributed by atoms with van der Waals surface area (Å²) in [6, 6.07) is 3.02. The van der Waals surface area contributed by atoms with Crippen molar-refractivity contribution in [2.75, 3.05) is 6.54 Å². The Morgan fingerprint density at radius 1 is 1.17 bits per heavy atom. The maximum absolute atomic E-state index is 12.4. The molecular formula is C16H13NO5S2. The summed E-state index contributed by atoms with van der Waals surface area (Å²) in [5.41, 5.74) is 0.627. The van der Waals surface area contributed by atoms with Gasteiger partial charge in [-0.1, -0.05) is 0 Å². The van der Waals surface area contributed by atoms with Gasteiger partial charge in [-0.15, -0.1) is 22.7 Å². The van der Waals surface area contributed by atoms with Crippen molar-refractivity contribution in [3.05, 3.63) is 43.3 Å². The predicted octanol–water partition coefficient (Wildman–Crippen LogP) is 2.27. The molecule has 0 saturated carbocycles. The number of esters is 1. The largest absolute Gasteiger partial charge is 0.462 e. The van der Waals surface area contributed by atoms with Crippen molar-refractivity contribution >= 4 is 46.1 Å². The van der Waals surface area contributed by atoms with Crippen LogP contribution >= 0.6 is 22.7 Å². The summed E-state index contributed by atoms with van der Waals surface area (Å²) in [6.45, 7) is 3.15. The Morgan fingerprint density at radius 2 is 1.88 bits per heavy atom. The molecule has 1 aliphatic carbocycles. The molecule has 1 amide bonds. The number of carbonyl (C=O) groups is 4. The molecule has 0 saturated heterocycles. The van der Waals surface area contributed by atoms with Crippen LogP contribution in [0.15, 0.2) is 17.5 Å². The van der Waals surface area contributed by atoms with Crippen LogP contribution in [0.2, 0.25) is 0 Å². The number of hydrogen-bond donors (Lipinski definition) is 1. The Labute approximate surface area is 145 Å². The molecule has 0 atom stereocenters. The Morgan fingerprint density at radius 3 is 2.58 bits per heavy atom. The Kier molecular flexibility index (Phi) is 4.33. The van der Waals surface area contributed by atoms with Crippen LogP contribution in [-0.2, 0) is 9.53 Å². The van der Waals surface area contributed by atoms with Crippen LogP contribution in [0, 0.1) is 0 Å². The summed E-state index contributed by atoms with van der Waals surface area (Å²) in [6.07, 6.45) is -0.266. The molecule has 2 aromatic rings. The van der Waals surface area contributed by atoms with E-state index in [9.17, 15) is 19.2 Å². The van der Waals surface area contributed by atoms with E-state index >= 15 is 0 Å². The molecule has 3 rings (SSSR count). The minimum atomic E-state index is -0.547. The normalized spacial score (nSPS) is 12.8. The van der Waals surface area contributed by atoms with Crippen molar-refractivity contribution in [3.8, 4) is 0 Å². The fourth-order valence-corrected chi connectivity index (χ4v) is 4.16. The summed E-state index contributed by atoms with van der Waals surface area (Å²) in [5, 5.41) is 4.13. The minimum Gasteiger partial charge on any atom is -0.462 e. The van der Waals surface area contributed by atoms with Crippen LogP contribution < -0.4 is 5.32 Å². The van der Waals surface area contributed by atoms with Gasteiger partial charge in [0.05, 0.1) is 20.7 Å². The first-order valence-corrected chi connectivity index (χ1v) is 8.86. The second-order valence-electron chi connectivity index (χ2n) is 5.40. The fourth-order valence-electron chi connectivity index (χ4n) is 2.29. The maximum atomic E-state index is 12.4. The van der Waals surface area contributed by atoms with E-state index in [1.807, 2.05) is 0 Å². The van der Waals surface area contributed by atoms with E-state index in [1.54, 1.807) is 25.3 Å². The molecule has 0 unspecified atom stereocenters. The SMILES string of the molecule is CC(C)OC(=O)CNC(=O)c1cc2c(s1)C(=O)c1ccsc1C2=O. The lowest BCUT2D eigenvalue weighted by atomic mass is 9.96. The molecule has 0 aromatic carbocycles. The average Bonchev–Trinajstić information content (AvgIpc) is 3.16. The second kappa shape index (κ2) is 6.29. The summed E-state index contributed by atoms with van der Waals surface area (Å²) in [5.74, 6) is -1.55. The highest BCUT2D eigenvalue weighted by atomic mass is 32.1. The number of amides is 1. The number of hydrogen-bond acceptors (Lipinski definition) is 7. The van der Waals surface area contributed by atoms with Crippen molar-refractivity contribution in [3.63, 3.8) is 0 Å². The number of nitrogens with one attached hydrogen (secondary N) is 1. The zero-order valence-corrected chi connectivity index (χ0v) is 14.5. The van der Waals surface area contributed by atoms with Crippen LogP contribution in [0.5, 0.6) is 0 Å². The Bertz CT molecular complexity index is 814. The third-order valence-corrected chi connectivity index (χ3v) is 5.33. The molecule has 0 spiro atoms. The fraction of sp³-hybridized carbons (Fsp3) is 0.250. The van der Waals surface area contributed by atoms with E-state index in [0.717, 1.165) is 11.3 Å². The molecule has 0 fully saturated rings. The molecule has 24 heavy (non-hydrogen) atoms. The molecule has 0 bridgehead atoms. The van der Waals surface area contributed by atoms with Gasteiger partial charge in [-0.25, -0.2) is 0 Å². The lowest BCUT2D eigenvalue weighted by Crippen LogP contribution is -2.31. The third kappa shape index (κ3) is 2.90.